The highest BCUT2D eigenvalue weighted by Gasteiger charge is 2.32. The number of rotatable bonds is 4. The highest BCUT2D eigenvalue weighted by atomic mass is 16.3. The average Bonchev–Trinajstić information content (AvgIpc) is 2.94. The van der Waals surface area contributed by atoms with Crippen molar-refractivity contribution in [3.05, 3.63) is 42.2 Å². The van der Waals surface area contributed by atoms with Gasteiger partial charge >= 0.3 is 0 Å². The highest BCUT2D eigenvalue weighted by molar-refractivity contribution is 5.84. The van der Waals surface area contributed by atoms with Crippen LogP contribution in [0.3, 0.4) is 0 Å². The van der Waals surface area contributed by atoms with Crippen LogP contribution in [0, 0.1) is 0 Å². The van der Waals surface area contributed by atoms with Crippen LogP contribution in [0.1, 0.15) is 31.2 Å². The molecule has 3 rings (SSSR count). The molecule has 1 heterocycles. The van der Waals surface area contributed by atoms with Crippen molar-refractivity contribution in [2.75, 3.05) is 6.61 Å². The lowest BCUT2D eigenvalue weighted by molar-refractivity contribution is 0.163. The van der Waals surface area contributed by atoms with Gasteiger partial charge in [0.05, 0.1) is 6.61 Å². The van der Waals surface area contributed by atoms with Crippen molar-refractivity contribution < 1.29 is 5.11 Å². The number of hydrogen-bond acceptors (Lipinski definition) is 3. The Balaban J connectivity index is 1.82. The summed E-state index contributed by atoms with van der Waals surface area (Å²) in [5.74, 6) is 0. The van der Waals surface area contributed by atoms with Gasteiger partial charge in [-0.2, -0.15) is 0 Å². The summed E-state index contributed by atoms with van der Waals surface area (Å²) in [6.07, 6.45) is 8.32. The smallest absolute Gasteiger partial charge is 0.0613 e. The number of pyridine rings is 1. The summed E-state index contributed by atoms with van der Waals surface area (Å²) in [5.41, 5.74) is 1.22. The summed E-state index contributed by atoms with van der Waals surface area (Å²) in [4.78, 5) is 4.16. The predicted octanol–water partition coefficient (Wildman–Crippen LogP) is 2.63. The van der Waals surface area contributed by atoms with Crippen LogP contribution in [-0.4, -0.2) is 22.2 Å². The highest BCUT2D eigenvalue weighted by Crippen LogP contribution is 2.30. The quantitative estimate of drug-likeness (QED) is 0.884. The van der Waals surface area contributed by atoms with Crippen molar-refractivity contribution in [1.29, 1.82) is 0 Å². The molecule has 1 saturated carbocycles. The Bertz CT molecular complexity index is 556. The van der Waals surface area contributed by atoms with Gasteiger partial charge in [0.2, 0.25) is 0 Å². The van der Waals surface area contributed by atoms with E-state index < -0.39 is 0 Å². The van der Waals surface area contributed by atoms with E-state index in [0.29, 0.717) is 0 Å². The second-order valence-electron chi connectivity index (χ2n) is 5.51. The third-order valence-corrected chi connectivity index (χ3v) is 4.29. The van der Waals surface area contributed by atoms with Crippen molar-refractivity contribution in [2.24, 2.45) is 0 Å². The number of aromatic nitrogens is 1. The zero-order valence-electron chi connectivity index (χ0n) is 11.1. The molecule has 0 saturated heterocycles. The van der Waals surface area contributed by atoms with Gasteiger partial charge in [0.25, 0.3) is 0 Å². The first-order valence-electron chi connectivity index (χ1n) is 7.01. The fraction of sp³-hybridized carbons (Fsp3) is 0.438. The van der Waals surface area contributed by atoms with Crippen LogP contribution in [0.25, 0.3) is 10.8 Å². The van der Waals surface area contributed by atoms with Gasteiger partial charge in [-0.15, -0.1) is 0 Å². The molecular formula is C16H20N2O. The largest absolute Gasteiger partial charge is 0.394 e. The van der Waals surface area contributed by atoms with E-state index in [0.717, 1.165) is 19.4 Å². The second-order valence-corrected chi connectivity index (χ2v) is 5.51. The molecule has 1 aliphatic rings. The van der Waals surface area contributed by atoms with E-state index in [9.17, 15) is 5.11 Å². The Morgan fingerprint density at radius 3 is 2.84 bits per heavy atom. The Hall–Kier alpha value is -1.45. The Labute approximate surface area is 113 Å². The van der Waals surface area contributed by atoms with E-state index in [-0.39, 0.29) is 12.1 Å². The minimum absolute atomic E-state index is 0.0603. The zero-order valence-corrected chi connectivity index (χ0v) is 11.1. The first-order chi connectivity index (χ1) is 9.33. The molecule has 3 heteroatoms. The molecule has 0 atom stereocenters. The number of nitrogens with one attached hydrogen (secondary N) is 1. The molecule has 0 aliphatic heterocycles. The van der Waals surface area contributed by atoms with E-state index >= 15 is 0 Å². The number of aliphatic hydroxyl groups excluding tert-OH is 1. The third kappa shape index (κ3) is 2.48. The lowest BCUT2D eigenvalue weighted by atomic mass is 9.97. The maximum Gasteiger partial charge on any atom is 0.0613 e. The standard InChI is InChI=1S/C16H20N2O/c19-12-16(7-1-2-8-16)18-11-14-5-3-4-13-10-17-9-6-15(13)14/h3-6,9-10,18-19H,1-2,7-8,11-12H2. The van der Waals surface area contributed by atoms with Gasteiger partial charge in [0, 0.05) is 29.9 Å². The molecule has 1 aliphatic carbocycles. The molecule has 0 spiro atoms. The van der Waals surface area contributed by atoms with Gasteiger partial charge < -0.3 is 10.4 Å². The SMILES string of the molecule is OCC1(NCc2cccc3cnccc23)CCCC1. The number of fused-ring (bicyclic) bond motifs is 1. The van der Waals surface area contributed by atoms with Crippen molar-refractivity contribution >= 4 is 10.8 Å². The molecule has 1 fully saturated rings. The van der Waals surface area contributed by atoms with E-state index in [4.69, 9.17) is 0 Å². The van der Waals surface area contributed by atoms with E-state index in [1.165, 1.54) is 29.2 Å². The summed E-state index contributed by atoms with van der Waals surface area (Å²) in [6, 6.07) is 8.37. The molecule has 0 unspecified atom stereocenters. The average molecular weight is 256 g/mol. The van der Waals surface area contributed by atoms with Crippen LogP contribution < -0.4 is 5.32 Å². The third-order valence-electron chi connectivity index (χ3n) is 4.29. The van der Waals surface area contributed by atoms with Crippen molar-refractivity contribution in [3.8, 4) is 0 Å². The molecule has 19 heavy (non-hydrogen) atoms. The first kappa shape index (κ1) is 12.6. The van der Waals surface area contributed by atoms with Crippen LogP contribution in [0.5, 0.6) is 0 Å². The fourth-order valence-corrected chi connectivity index (χ4v) is 3.07. The van der Waals surface area contributed by atoms with Crippen LogP contribution in [-0.2, 0) is 6.54 Å². The van der Waals surface area contributed by atoms with Crippen molar-refractivity contribution in [3.63, 3.8) is 0 Å². The molecule has 0 amide bonds. The first-order valence-corrected chi connectivity index (χ1v) is 7.01. The number of aliphatic hydroxyl groups is 1. The van der Waals surface area contributed by atoms with Gasteiger partial charge in [0.15, 0.2) is 0 Å². The summed E-state index contributed by atoms with van der Waals surface area (Å²) in [6.45, 7) is 1.04. The number of hydrogen-bond donors (Lipinski definition) is 2. The summed E-state index contributed by atoms with van der Waals surface area (Å²) in [5, 5.41) is 15.6. The topological polar surface area (TPSA) is 45.1 Å². The molecule has 0 bridgehead atoms. The number of nitrogens with zero attached hydrogens (tertiary/aromatic N) is 1. The van der Waals surface area contributed by atoms with E-state index in [1.807, 2.05) is 12.4 Å². The van der Waals surface area contributed by atoms with Crippen LogP contribution in [0.15, 0.2) is 36.7 Å². The molecule has 1 aromatic carbocycles. The maximum atomic E-state index is 9.64. The van der Waals surface area contributed by atoms with Crippen LogP contribution in [0.4, 0.5) is 0 Å². The summed E-state index contributed by atoms with van der Waals surface area (Å²) >= 11 is 0. The molecule has 2 N–H and O–H groups in total. The van der Waals surface area contributed by atoms with E-state index in [1.54, 1.807) is 0 Å². The van der Waals surface area contributed by atoms with Gasteiger partial charge in [-0.05, 0) is 29.9 Å². The van der Waals surface area contributed by atoms with Crippen molar-refractivity contribution in [1.82, 2.24) is 10.3 Å². The molecule has 1 aromatic heterocycles. The van der Waals surface area contributed by atoms with Crippen LogP contribution >= 0.6 is 0 Å². The normalized spacial score (nSPS) is 17.9. The monoisotopic (exact) mass is 256 g/mol. The molecule has 3 nitrogen and oxygen atoms in total. The summed E-state index contributed by atoms with van der Waals surface area (Å²) in [7, 11) is 0. The van der Waals surface area contributed by atoms with E-state index in [2.05, 4.69) is 34.6 Å². The zero-order chi connectivity index (χ0) is 13.1. The number of benzene rings is 1. The fourth-order valence-electron chi connectivity index (χ4n) is 3.07. The minimum Gasteiger partial charge on any atom is -0.394 e. The Morgan fingerprint density at radius 1 is 1.21 bits per heavy atom. The lowest BCUT2D eigenvalue weighted by Gasteiger charge is -2.28. The maximum absolute atomic E-state index is 9.64. The minimum atomic E-state index is -0.0603. The molecule has 0 radical (unpaired) electrons. The van der Waals surface area contributed by atoms with Crippen LogP contribution in [0.2, 0.25) is 0 Å². The molecular weight excluding hydrogens is 236 g/mol. The second kappa shape index (κ2) is 5.27. The predicted molar refractivity (Wildman–Crippen MR) is 76.9 cm³/mol. The van der Waals surface area contributed by atoms with Gasteiger partial charge in [0.1, 0.15) is 0 Å². The molecule has 2 aromatic rings. The van der Waals surface area contributed by atoms with Gasteiger partial charge in [-0.1, -0.05) is 31.0 Å². The van der Waals surface area contributed by atoms with Crippen molar-refractivity contribution in [2.45, 2.75) is 37.8 Å². The Kier molecular flexibility index (Phi) is 3.49. The molecule has 100 valence electrons. The summed E-state index contributed by atoms with van der Waals surface area (Å²) < 4.78 is 0. The van der Waals surface area contributed by atoms with Gasteiger partial charge in [-0.25, -0.2) is 0 Å². The van der Waals surface area contributed by atoms with Gasteiger partial charge in [-0.3, -0.25) is 4.98 Å². The Morgan fingerprint density at radius 2 is 2.05 bits per heavy atom. The lowest BCUT2D eigenvalue weighted by Crippen LogP contribution is -2.45.